The second-order valence-corrected chi connectivity index (χ2v) is 5.77. The van der Waals surface area contributed by atoms with Gasteiger partial charge in [-0.3, -0.25) is 14.9 Å². The molecule has 1 aromatic heterocycles. The molecule has 0 aliphatic rings. The standard InChI is InChI=1S/C14H11F3N2O4S/c15-14(16,17)9-4-2-1-3-8(9)10(20)7-18-13(21)11-5-6-12(24-11)19(22)23/h1-6,10,20H,7H2,(H,18,21). The number of benzene rings is 1. The Morgan fingerprint density at radius 1 is 1.29 bits per heavy atom. The minimum Gasteiger partial charge on any atom is -0.387 e. The summed E-state index contributed by atoms with van der Waals surface area (Å²) in [5, 5.41) is 22.5. The summed E-state index contributed by atoms with van der Waals surface area (Å²) in [6, 6.07) is 6.88. The van der Waals surface area contributed by atoms with Crippen molar-refractivity contribution in [3.05, 3.63) is 62.5 Å². The molecular weight excluding hydrogens is 349 g/mol. The molecule has 0 saturated heterocycles. The first-order chi connectivity index (χ1) is 11.2. The van der Waals surface area contributed by atoms with E-state index in [1.54, 1.807) is 0 Å². The zero-order valence-electron chi connectivity index (χ0n) is 11.9. The fraction of sp³-hybridized carbons (Fsp3) is 0.214. The predicted molar refractivity (Wildman–Crippen MR) is 79.7 cm³/mol. The number of carbonyl (C=O) groups is 1. The van der Waals surface area contributed by atoms with E-state index in [2.05, 4.69) is 5.32 Å². The van der Waals surface area contributed by atoms with Gasteiger partial charge in [-0.15, -0.1) is 0 Å². The molecule has 6 nitrogen and oxygen atoms in total. The first-order valence-electron chi connectivity index (χ1n) is 6.56. The molecule has 1 heterocycles. The number of rotatable bonds is 5. The summed E-state index contributed by atoms with van der Waals surface area (Å²) >= 11 is 0.631. The zero-order chi connectivity index (χ0) is 17.9. The van der Waals surface area contributed by atoms with Crippen molar-refractivity contribution in [1.29, 1.82) is 0 Å². The molecule has 2 aromatic rings. The van der Waals surface area contributed by atoms with Crippen molar-refractivity contribution in [1.82, 2.24) is 5.32 Å². The van der Waals surface area contributed by atoms with Gasteiger partial charge in [0.15, 0.2) is 0 Å². The highest BCUT2D eigenvalue weighted by Crippen LogP contribution is 2.34. The molecule has 10 heteroatoms. The van der Waals surface area contributed by atoms with Gasteiger partial charge in [0, 0.05) is 12.6 Å². The Balaban J connectivity index is 2.06. The van der Waals surface area contributed by atoms with Gasteiger partial charge in [-0.05, 0) is 17.7 Å². The normalized spacial score (nSPS) is 12.7. The lowest BCUT2D eigenvalue weighted by Gasteiger charge is -2.17. The maximum absolute atomic E-state index is 12.9. The summed E-state index contributed by atoms with van der Waals surface area (Å²) in [7, 11) is 0. The maximum Gasteiger partial charge on any atom is 0.416 e. The molecule has 0 fully saturated rings. The van der Waals surface area contributed by atoms with Gasteiger partial charge in [-0.2, -0.15) is 13.2 Å². The van der Waals surface area contributed by atoms with Crippen LogP contribution < -0.4 is 5.32 Å². The highest BCUT2D eigenvalue weighted by molar-refractivity contribution is 7.17. The number of thiophene rings is 1. The number of amides is 1. The summed E-state index contributed by atoms with van der Waals surface area (Å²) in [6.07, 6.45) is -6.20. The number of hydrogen-bond donors (Lipinski definition) is 2. The van der Waals surface area contributed by atoms with Gasteiger partial charge >= 0.3 is 11.2 Å². The van der Waals surface area contributed by atoms with Crippen LogP contribution in [0.15, 0.2) is 36.4 Å². The number of halogens is 3. The lowest BCUT2D eigenvalue weighted by molar-refractivity contribution is -0.380. The van der Waals surface area contributed by atoms with Crippen LogP contribution in [0.1, 0.15) is 26.9 Å². The van der Waals surface area contributed by atoms with Crippen molar-refractivity contribution in [2.75, 3.05) is 6.54 Å². The maximum atomic E-state index is 12.9. The number of nitrogens with one attached hydrogen (secondary N) is 1. The van der Waals surface area contributed by atoms with Gasteiger partial charge in [0.05, 0.1) is 21.5 Å². The van der Waals surface area contributed by atoms with E-state index < -0.39 is 35.2 Å². The van der Waals surface area contributed by atoms with E-state index in [4.69, 9.17) is 0 Å². The lowest BCUT2D eigenvalue weighted by atomic mass is 10.0. The molecule has 24 heavy (non-hydrogen) atoms. The Hall–Kier alpha value is -2.46. The van der Waals surface area contributed by atoms with Crippen LogP contribution in [-0.2, 0) is 6.18 Å². The number of nitro groups is 1. The minimum atomic E-state index is -4.63. The van der Waals surface area contributed by atoms with Crippen molar-refractivity contribution in [2.24, 2.45) is 0 Å². The van der Waals surface area contributed by atoms with Crippen molar-refractivity contribution < 1.29 is 28.0 Å². The Bertz CT molecular complexity index is 760. The number of carbonyl (C=O) groups excluding carboxylic acids is 1. The fourth-order valence-electron chi connectivity index (χ4n) is 1.98. The van der Waals surface area contributed by atoms with Gasteiger partial charge in [-0.25, -0.2) is 0 Å². The van der Waals surface area contributed by atoms with Crippen molar-refractivity contribution in [3.63, 3.8) is 0 Å². The molecule has 1 amide bonds. The van der Waals surface area contributed by atoms with Crippen LogP contribution >= 0.6 is 11.3 Å². The monoisotopic (exact) mass is 360 g/mol. The average molecular weight is 360 g/mol. The lowest BCUT2D eigenvalue weighted by Crippen LogP contribution is -2.28. The highest BCUT2D eigenvalue weighted by atomic mass is 32.1. The van der Waals surface area contributed by atoms with Gasteiger partial charge in [-0.1, -0.05) is 29.5 Å². The third-order valence-electron chi connectivity index (χ3n) is 3.08. The van der Waals surface area contributed by atoms with Gasteiger partial charge in [0.1, 0.15) is 0 Å². The molecule has 1 aromatic carbocycles. The van der Waals surface area contributed by atoms with Crippen LogP contribution in [0.3, 0.4) is 0 Å². The second-order valence-electron chi connectivity index (χ2n) is 4.71. The fourth-order valence-corrected chi connectivity index (χ4v) is 2.72. The van der Waals surface area contributed by atoms with Crippen LogP contribution in [0.25, 0.3) is 0 Å². The first kappa shape index (κ1) is 17.9. The largest absolute Gasteiger partial charge is 0.416 e. The molecule has 0 radical (unpaired) electrons. The van der Waals surface area contributed by atoms with E-state index in [0.29, 0.717) is 11.3 Å². The summed E-state index contributed by atoms with van der Waals surface area (Å²) in [6.45, 7) is -0.461. The number of hydrogen-bond acceptors (Lipinski definition) is 5. The van der Waals surface area contributed by atoms with Crippen LogP contribution in [0.5, 0.6) is 0 Å². The van der Waals surface area contributed by atoms with E-state index in [0.717, 1.165) is 18.2 Å². The molecule has 0 aliphatic carbocycles. The third kappa shape index (κ3) is 4.09. The molecule has 0 bridgehead atoms. The minimum absolute atomic E-state index is 0.0259. The Kier molecular flexibility index (Phi) is 5.20. The molecule has 0 saturated carbocycles. The van der Waals surface area contributed by atoms with Gasteiger partial charge in [0.2, 0.25) is 0 Å². The highest BCUT2D eigenvalue weighted by Gasteiger charge is 2.34. The second kappa shape index (κ2) is 6.97. The molecule has 1 atom stereocenters. The topological polar surface area (TPSA) is 92.5 Å². The Labute approximate surface area is 137 Å². The summed E-state index contributed by atoms with van der Waals surface area (Å²) < 4.78 is 38.7. The third-order valence-corrected chi connectivity index (χ3v) is 4.11. The SMILES string of the molecule is O=C(NCC(O)c1ccccc1C(F)(F)F)c1ccc([N+](=O)[O-])s1. The first-order valence-corrected chi connectivity index (χ1v) is 7.38. The van der Waals surface area contributed by atoms with Crippen molar-refractivity contribution in [2.45, 2.75) is 12.3 Å². The molecule has 1 unspecified atom stereocenters. The molecular formula is C14H11F3N2O4S. The number of aliphatic hydroxyl groups is 1. The number of alkyl halides is 3. The molecule has 2 rings (SSSR count). The van der Waals surface area contributed by atoms with Crippen LogP contribution in [0.2, 0.25) is 0 Å². The van der Waals surface area contributed by atoms with Gasteiger partial charge in [0.25, 0.3) is 5.91 Å². The zero-order valence-corrected chi connectivity index (χ0v) is 12.7. The van der Waals surface area contributed by atoms with Crippen LogP contribution in [0.4, 0.5) is 18.2 Å². The van der Waals surface area contributed by atoms with E-state index in [1.165, 1.54) is 18.2 Å². The van der Waals surface area contributed by atoms with Gasteiger partial charge < -0.3 is 10.4 Å². The summed E-state index contributed by atoms with van der Waals surface area (Å²) in [5.74, 6) is -0.711. The Morgan fingerprint density at radius 2 is 1.96 bits per heavy atom. The van der Waals surface area contributed by atoms with Crippen LogP contribution in [0, 0.1) is 10.1 Å². The number of nitrogens with zero attached hydrogens (tertiary/aromatic N) is 1. The van der Waals surface area contributed by atoms with E-state index >= 15 is 0 Å². The molecule has 0 spiro atoms. The smallest absolute Gasteiger partial charge is 0.387 e. The van der Waals surface area contributed by atoms with Crippen molar-refractivity contribution >= 4 is 22.2 Å². The predicted octanol–water partition coefficient (Wildman–Crippen LogP) is 3.14. The molecule has 2 N–H and O–H groups in total. The quantitative estimate of drug-likeness (QED) is 0.633. The van der Waals surface area contributed by atoms with E-state index in [-0.39, 0.29) is 15.4 Å². The molecule has 0 aliphatic heterocycles. The molecule has 128 valence electrons. The summed E-state index contributed by atoms with van der Waals surface area (Å²) in [4.78, 5) is 21.8. The van der Waals surface area contributed by atoms with E-state index in [1.807, 2.05) is 0 Å². The van der Waals surface area contributed by atoms with Crippen molar-refractivity contribution in [3.8, 4) is 0 Å². The Morgan fingerprint density at radius 3 is 2.54 bits per heavy atom. The summed E-state index contributed by atoms with van der Waals surface area (Å²) in [5.41, 5.74) is -1.35. The van der Waals surface area contributed by atoms with Crippen LogP contribution in [-0.4, -0.2) is 22.5 Å². The number of aliphatic hydroxyl groups excluding tert-OH is 1. The average Bonchev–Trinajstić information content (AvgIpc) is 3.01. The van der Waals surface area contributed by atoms with E-state index in [9.17, 15) is 33.2 Å².